The number of hydrogen-bond acceptors (Lipinski definition) is 2. The Morgan fingerprint density at radius 2 is 1.79 bits per heavy atom. The molecule has 0 bridgehead atoms. The molecular weight excluding hydrogens is 238 g/mol. The van der Waals surface area contributed by atoms with Gasteiger partial charge in [-0.25, -0.2) is 0 Å². The molecule has 1 aromatic carbocycles. The highest BCUT2D eigenvalue weighted by atomic mass is 16.1. The summed E-state index contributed by atoms with van der Waals surface area (Å²) in [6.07, 6.45) is 0.454. The SMILES string of the molecule is CC(=O)c1ccccc1NC(=O)CC(C)C(C)(C)C. The first kappa shape index (κ1) is 15.4. The predicted octanol–water partition coefficient (Wildman–Crippen LogP) is 3.90. The number of nitrogens with one attached hydrogen (secondary N) is 1. The molecule has 1 N–H and O–H groups in total. The first-order chi connectivity index (χ1) is 8.71. The molecule has 3 nitrogen and oxygen atoms in total. The second-order valence-electron chi connectivity index (χ2n) is 6.12. The van der Waals surface area contributed by atoms with Gasteiger partial charge < -0.3 is 5.32 Å². The second-order valence-corrected chi connectivity index (χ2v) is 6.12. The van der Waals surface area contributed by atoms with E-state index in [2.05, 4.69) is 33.0 Å². The molecule has 0 radical (unpaired) electrons. The Kier molecular flexibility index (Phi) is 4.87. The van der Waals surface area contributed by atoms with Crippen molar-refractivity contribution < 1.29 is 9.59 Å². The van der Waals surface area contributed by atoms with Gasteiger partial charge in [0.1, 0.15) is 0 Å². The summed E-state index contributed by atoms with van der Waals surface area (Å²) in [5.41, 5.74) is 1.25. The summed E-state index contributed by atoms with van der Waals surface area (Å²) in [6, 6.07) is 7.10. The highest BCUT2D eigenvalue weighted by Crippen LogP contribution is 2.28. The Bertz CT molecular complexity index is 472. The van der Waals surface area contributed by atoms with E-state index in [4.69, 9.17) is 0 Å². The molecule has 0 saturated carbocycles. The standard InChI is InChI=1S/C16H23NO2/c1-11(16(3,4)5)10-15(19)17-14-9-7-6-8-13(14)12(2)18/h6-9,11H,10H2,1-5H3,(H,17,19). The van der Waals surface area contributed by atoms with Gasteiger partial charge in [-0.2, -0.15) is 0 Å². The fourth-order valence-electron chi connectivity index (χ4n) is 1.68. The predicted molar refractivity (Wildman–Crippen MR) is 78.3 cm³/mol. The van der Waals surface area contributed by atoms with Crippen LogP contribution in [0.5, 0.6) is 0 Å². The van der Waals surface area contributed by atoms with E-state index < -0.39 is 0 Å². The van der Waals surface area contributed by atoms with Gasteiger partial charge >= 0.3 is 0 Å². The fraction of sp³-hybridized carbons (Fsp3) is 0.500. The topological polar surface area (TPSA) is 46.2 Å². The summed E-state index contributed by atoms with van der Waals surface area (Å²) in [5, 5.41) is 2.84. The molecule has 0 fully saturated rings. The third kappa shape index (κ3) is 4.51. The van der Waals surface area contributed by atoms with Crippen LogP contribution in [0.4, 0.5) is 5.69 Å². The number of ketones is 1. The van der Waals surface area contributed by atoms with Gasteiger partial charge in [-0.1, -0.05) is 39.8 Å². The van der Waals surface area contributed by atoms with Crippen molar-refractivity contribution in [1.82, 2.24) is 0 Å². The van der Waals surface area contributed by atoms with Gasteiger partial charge in [0.15, 0.2) is 5.78 Å². The molecule has 1 aromatic rings. The number of carbonyl (C=O) groups is 2. The van der Waals surface area contributed by atoms with E-state index in [9.17, 15) is 9.59 Å². The summed E-state index contributed by atoms with van der Waals surface area (Å²) in [5.74, 6) is 0.188. The largest absolute Gasteiger partial charge is 0.325 e. The third-order valence-electron chi connectivity index (χ3n) is 3.55. The van der Waals surface area contributed by atoms with E-state index in [1.165, 1.54) is 6.92 Å². The molecule has 0 aliphatic rings. The second kappa shape index (κ2) is 6.00. The van der Waals surface area contributed by atoms with Crippen molar-refractivity contribution in [1.29, 1.82) is 0 Å². The number of rotatable bonds is 4. The first-order valence-electron chi connectivity index (χ1n) is 6.61. The molecule has 0 spiro atoms. The molecule has 1 rings (SSSR count). The number of para-hydroxylation sites is 1. The van der Waals surface area contributed by atoms with E-state index >= 15 is 0 Å². The summed E-state index contributed by atoms with van der Waals surface area (Å²) < 4.78 is 0. The van der Waals surface area contributed by atoms with Gasteiger partial charge in [0.2, 0.25) is 5.91 Å². The molecule has 0 heterocycles. The van der Waals surface area contributed by atoms with Crippen LogP contribution in [0, 0.1) is 11.3 Å². The zero-order valence-corrected chi connectivity index (χ0v) is 12.4. The van der Waals surface area contributed by atoms with Crippen molar-refractivity contribution in [2.24, 2.45) is 11.3 Å². The van der Waals surface area contributed by atoms with Crippen LogP contribution < -0.4 is 5.32 Å². The lowest BCUT2D eigenvalue weighted by molar-refractivity contribution is -0.117. The summed E-state index contributed by atoms with van der Waals surface area (Å²) in [6.45, 7) is 9.93. The molecule has 1 atom stereocenters. The quantitative estimate of drug-likeness (QED) is 0.835. The average Bonchev–Trinajstić information content (AvgIpc) is 2.27. The van der Waals surface area contributed by atoms with Crippen LogP contribution in [-0.4, -0.2) is 11.7 Å². The molecule has 0 aliphatic heterocycles. The van der Waals surface area contributed by atoms with E-state index in [0.29, 0.717) is 17.7 Å². The van der Waals surface area contributed by atoms with Crippen molar-refractivity contribution in [2.75, 3.05) is 5.32 Å². The van der Waals surface area contributed by atoms with Gasteiger partial charge in [0, 0.05) is 12.0 Å². The Balaban J connectivity index is 2.76. The number of benzene rings is 1. The van der Waals surface area contributed by atoms with Gasteiger partial charge in [0.05, 0.1) is 5.69 Å². The van der Waals surface area contributed by atoms with E-state index in [0.717, 1.165) is 0 Å². The van der Waals surface area contributed by atoms with Crippen molar-refractivity contribution in [3.05, 3.63) is 29.8 Å². The van der Waals surface area contributed by atoms with Gasteiger partial charge in [-0.3, -0.25) is 9.59 Å². The zero-order valence-electron chi connectivity index (χ0n) is 12.4. The molecule has 0 saturated heterocycles. The van der Waals surface area contributed by atoms with E-state index in [1.807, 2.05) is 6.07 Å². The minimum atomic E-state index is -0.0453. The lowest BCUT2D eigenvalue weighted by atomic mass is 9.80. The zero-order chi connectivity index (χ0) is 14.6. The highest BCUT2D eigenvalue weighted by Gasteiger charge is 2.22. The lowest BCUT2D eigenvalue weighted by Crippen LogP contribution is -2.24. The van der Waals surface area contributed by atoms with E-state index in [-0.39, 0.29) is 23.0 Å². The van der Waals surface area contributed by atoms with Crippen LogP contribution in [0.2, 0.25) is 0 Å². The molecule has 0 aromatic heterocycles. The van der Waals surface area contributed by atoms with Crippen LogP contribution in [0.1, 0.15) is 51.4 Å². The van der Waals surface area contributed by atoms with Gasteiger partial charge in [0.25, 0.3) is 0 Å². The molecule has 104 valence electrons. The lowest BCUT2D eigenvalue weighted by Gasteiger charge is -2.26. The smallest absolute Gasteiger partial charge is 0.224 e. The van der Waals surface area contributed by atoms with Crippen LogP contribution >= 0.6 is 0 Å². The Labute approximate surface area is 115 Å². The number of Topliss-reactive ketones (excluding diaryl/α,β-unsaturated/α-hetero) is 1. The fourth-order valence-corrected chi connectivity index (χ4v) is 1.68. The normalized spacial score (nSPS) is 12.9. The van der Waals surface area contributed by atoms with Crippen LogP contribution in [0.3, 0.4) is 0 Å². The first-order valence-corrected chi connectivity index (χ1v) is 6.61. The number of hydrogen-bond donors (Lipinski definition) is 1. The summed E-state index contributed by atoms with van der Waals surface area (Å²) in [4.78, 5) is 23.5. The Morgan fingerprint density at radius 1 is 1.21 bits per heavy atom. The maximum Gasteiger partial charge on any atom is 0.224 e. The van der Waals surface area contributed by atoms with Crippen molar-refractivity contribution >= 4 is 17.4 Å². The molecule has 3 heteroatoms. The maximum absolute atomic E-state index is 12.0. The molecule has 19 heavy (non-hydrogen) atoms. The van der Waals surface area contributed by atoms with Crippen LogP contribution in [-0.2, 0) is 4.79 Å². The number of anilines is 1. The van der Waals surface area contributed by atoms with Gasteiger partial charge in [-0.15, -0.1) is 0 Å². The number of amides is 1. The van der Waals surface area contributed by atoms with Crippen molar-refractivity contribution in [3.8, 4) is 0 Å². The Morgan fingerprint density at radius 3 is 2.32 bits per heavy atom. The summed E-state index contributed by atoms with van der Waals surface area (Å²) in [7, 11) is 0. The monoisotopic (exact) mass is 261 g/mol. The van der Waals surface area contributed by atoms with Crippen LogP contribution in [0.25, 0.3) is 0 Å². The Hall–Kier alpha value is -1.64. The minimum absolute atomic E-state index is 0.0419. The van der Waals surface area contributed by atoms with Crippen molar-refractivity contribution in [2.45, 2.75) is 41.0 Å². The van der Waals surface area contributed by atoms with Crippen LogP contribution in [0.15, 0.2) is 24.3 Å². The minimum Gasteiger partial charge on any atom is -0.325 e. The maximum atomic E-state index is 12.0. The molecule has 1 unspecified atom stereocenters. The highest BCUT2D eigenvalue weighted by molar-refractivity contribution is 6.03. The molecule has 1 amide bonds. The third-order valence-corrected chi connectivity index (χ3v) is 3.55. The number of carbonyl (C=O) groups excluding carboxylic acids is 2. The molecule has 0 aliphatic carbocycles. The van der Waals surface area contributed by atoms with Gasteiger partial charge in [-0.05, 0) is 30.4 Å². The summed E-state index contributed by atoms with van der Waals surface area (Å²) >= 11 is 0. The van der Waals surface area contributed by atoms with Crippen molar-refractivity contribution in [3.63, 3.8) is 0 Å². The average molecular weight is 261 g/mol. The molecular formula is C16H23NO2. The van der Waals surface area contributed by atoms with E-state index in [1.54, 1.807) is 18.2 Å².